The quantitative estimate of drug-likeness (QED) is 0.822. The highest BCUT2D eigenvalue weighted by Crippen LogP contribution is 2.34. The maximum atomic E-state index is 11.9. The molecule has 2 N–H and O–H groups in total. The first-order chi connectivity index (χ1) is 8.52. The Kier molecular flexibility index (Phi) is 3.74. The molecule has 18 heavy (non-hydrogen) atoms. The van der Waals surface area contributed by atoms with Crippen molar-refractivity contribution >= 4 is 40.1 Å². The smallest absolute Gasteiger partial charge is 0.227 e. The molecule has 1 saturated heterocycles. The lowest BCUT2D eigenvalue weighted by atomic mass is 10.1. The topological polar surface area (TPSA) is 72.6 Å². The molecular formula is C12H13IN2O3. The number of anilines is 1. The molecule has 0 radical (unpaired) electrons. The lowest BCUT2D eigenvalue weighted by Crippen LogP contribution is -2.28. The summed E-state index contributed by atoms with van der Waals surface area (Å²) in [6.07, 6.45) is 0.171. The van der Waals surface area contributed by atoms with Crippen molar-refractivity contribution in [2.75, 3.05) is 18.6 Å². The molecule has 1 aliphatic heterocycles. The van der Waals surface area contributed by atoms with E-state index in [1.807, 2.05) is 18.2 Å². The molecule has 5 nitrogen and oxygen atoms in total. The van der Waals surface area contributed by atoms with Gasteiger partial charge < -0.3 is 15.4 Å². The van der Waals surface area contributed by atoms with Gasteiger partial charge in [-0.25, -0.2) is 0 Å². The van der Waals surface area contributed by atoms with Crippen LogP contribution in [0.2, 0.25) is 0 Å². The highest BCUT2D eigenvalue weighted by Gasteiger charge is 2.35. The predicted molar refractivity (Wildman–Crippen MR) is 75.4 cm³/mol. The molecule has 0 aliphatic carbocycles. The van der Waals surface area contributed by atoms with Gasteiger partial charge in [-0.2, -0.15) is 0 Å². The fourth-order valence-electron chi connectivity index (χ4n) is 2.01. The van der Waals surface area contributed by atoms with Crippen molar-refractivity contribution in [3.05, 3.63) is 21.8 Å². The second kappa shape index (κ2) is 5.13. The lowest BCUT2D eigenvalue weighted by molar-refractivity contribution is -0.123. The second-order valence-corrected chi connectivity index (χ2v) is 5.37. The summed E-state index contributed by atoms with van der Waals surface area (Å²) in [5.74, 6) is -0.330. The summed E-state index contributed by atoms with van der Waals surface area (Å²) in [5.41, 5.74) is 5.94. The lowest BCUT2D eigenvalue weighted by Gasteiger charge is -2.19. The van der Waals surface area contributed by atoms with Crippen molar-refractivity contribution in [1.82, 2.24) is 0 Å². The van der Waals surface area contributed by atoms with Gasteiger partial charge in [-0.15, -0.1) is 0 Å². The van der Waals surface area contributed by atoms with Crippen LogP contribution in [0.3, 0.4) is 0 Å². The summed E-state index contributed by atoms with van der Waals surface area (Å²) in [6.45, 7) is 0.324. The molecule has 1 heterocycles. The number of carbonyl (C=O) groups excluding carboxylic acids is 2. The Balaban J connectivity index is 2.34. The van der Waals surface area contributed by atoms with Gasteiger partial charge in [0.25, 0.3) is 0 Å². The number of amides is 2. The number of carbonyl (C=O) groups is 2. The molecule has 0 saturated carbocycles. The first-order valence-corrected chi connectivity index (χ1v) is 6.54. The normalized spacial score (nSPS) is 19.1. The molecule has 1 aromatic carbocycles. The zero-order valence-corrected chi connectivity index (χ0v) is 12.0. The van der Waals surface area contributed by atoms with Crippen molar-refractivity contribution in [1.29, 1.82) is 0 Å². The molecule has 6 heteroatoms. The number of primary amides is 1. The van der Waals surface area contributed by atoms with Crippen LogP contribution in [0.15, 0.2) is 18.2 Å². The van der Waals surface area contributed by atoms with Crippen LogP contribution in [0.5, 0.6) is 5.75 Å². The van der Waals surface area contributed by atoms with Gasteiger partial charge >= 0.3 is 0 Å². The van der Waals surface area contributed by atoms with Crippen LogP contribution in [0.25, 0.3) is 0 Å². The van der Waals surface area contributed by atoms with E-state index in [9.17, 15) is 9.59 Å². The van der Waals surface area contributed by atoms with Gasteiger partial charge in [0.15, 0.2) is 0 Å². The van der Waals surface area contributed by atoms with E-state index in [1.54, 1.807) is 12.0 Å². The van der Waals surface area contributed by atoms with Crippen LogP contribution in [0, 0.1) is 9.49 Å². The molecule has 0 spiro atoms. The molecule has 1 atom stereocenters. The van der Waals surface area contributed by atoms with Gasteiger partial charge in [-0.3, -0.25) is 9.59 Å². The van der Waals surface area contributed by atoms with E-state index in [2.05, 4.69) is 22.6 Å². The molecule has 1 aromatic rings. The third kappa shape index (κ3) is 2.43. The first-order valence-electron chi connectivity index (χ1n) is 5.46. The molecule has 1 fully saturated rings. The molecule has 0 bridgehead atoms. The molecule has 2 rings (SSSR count). The Morgan fingerprint density at radius 2 is 2.28 bits per heavy atom. The fraction of sp³-hybridized carbons (Fsp3) is 0.333. The van der Waals surface area contributed by atoms with Gasteiger partial charge in [0.1, 0.15) is 5.75 Å². The van der Waals surface area contributed by atoms with Gasteiger partial charge in [-0.05, 0) is 40.8 Å². The number of hydrogen-bond donors (Lipinski definition) is 1. The Bertz CT molecular complexity index is 504. The summed E-state index contributed by atoms with van der Waals surface area (Å²) in [4.78, 5) is 24.7. The Labute approximate surface area is 118 Å². The highest BCUT2D eigenvalue weighted by molar-refractivity contribution is 14.1. The van der Waals surface area contributed by atoms with Crippen molar-refractivity contribution in [3.8, 4) is 5.75 Å². The second-order valence-electron chi connectivity index (χ2n) is 4.12. The van der Waals surface area contributed by atoms with Crippen LogP contribution in [0.4, 0.5) is 5.69 Å². The van der Waals surface area contributed by atoms with Crippen molar-refractivity contribution in [2.45, 2.75) is 6.42 Å². The van der Waals surface area contributed by atoms with Crippen molar-refractivity contribution in [2.24, 2.45) is 11.7 Å². The van der Waals surface area contributed by atoms with E-state index >= 15 is 0 Å². The minimum Gasteiger partial charge on any atom is -0.495 e. The minimum absolute atomic E-state index is 0.0981. The van der Waals surface area contributed by atoms with Crippen LogP contribution in [-0.2, 0) is 9.59 Å². The largest absolute Gasteiger partial charge is 0.495 e. The first kappa shape index (κ1) is 13.1. The summed E-state index contributed by atoms with van der Waals surface area (Å²) in [6, 6.07) is 5.57. The third-order valence-electron chi connectivity index (χ3n) is 2.96. The zero-order chi connectivity index (χ0) is 13.3. The number of hydrogen-bond acceptors (Lipinski definition) is 3. The van der Waals surface area contributed by atoms with E-state index in [0.717, 1.165) is 3.57 Å². The van der Waals surface area contributed by atoms with Crippen molar-refractivity contribution < 1.29 is 14.3 Å². The summed E-state index contributed by atoms with van der Waals surface area (Å²) in [7, 11) is 1.55. The zero-order valence-electron chi connectivity index (χ0n) is 9.85. The van der Waals surface area contributed by atoms with Crippen molar-refractivity contribution in [3.63, 3.8) is 0 Å². The van der Waals surface area contributed by atoms with E-state index < -0.39 is 11.8 Å². The molecule has 1 aliphatic rings. The summed E-state index contributed by atoms with van der Waals surface area (Å²) < 4.78 is 6.24. The van der Waals surface area contributed by atoms with E-state index in [4.69, 9.17) is 10.5 Å². The Hall–Kier alpha value is -1.31. The number of ether oxygens (including phenoxy) is 1. The van der Waals surface area contributed by atoms with Crippen LogP contribution < -0.4 is 15.4 Å². The van der Waals surface area contributed by atoms with E-state index in [0.29, 0.717) is 18.0 Å². The minimum atomic E-state index is -0.435. The summed E-state index contributed by atoms with van der Waals surface area (Å²) >= 11 is 2.17. The number of nitrogens with two attached hydrogens (primary N) is 1. The number of methoxy groups -OCH3 is 1. The average molecular weight is 360 g/mol. The van der Waals surface area contributed by atoms with Crippen LogP contribution in [0.1, 0.15) is 6.42 Å². The standard InChI is InChI=1S/C12H13IN2O3/c1-18-10-3-2-8(13)5-9(10)15-6-7(12(14)17)4-11(15)16/h2-3,5,7H,4,6H2,1H3,(H2,14,17). The number of halogens is 1. The Morgan fingerprint density at radius 3 is 2.83 bits per heavy atom. The third-order valence-corrected chi connectivity index (χ3v) is 3.63. The van der Waals surface area contributed by atoms with Gasteiger partial charge in [0, 0.05) is 16.5 Å². The number of nitrogens with zero attached hydrogens (tertiary/aromatic N) is 1. The average Bonchev–Trinajstić information content (AvgIpc) is 2.71. The maximum Gasteiger partial charge on any atom is 0.227 e. The van der Waals surface area contributed by atoms with Gasteiger partial charge in [0.2, 0.25) is 11.8 Å². The number of benzene rings is 1. The van der Waals surface area contributed by atoms with E-state index in [1.165, 1.54) is 0 Å². The number of rotatable bonds is 3. The molecule has 96 valence electrons. The van der Waals surface area contributed by atoms with Gasteiger partial charge in [0.05, 0.1) is 18.7 Å². The monoisotopic (exact) mass is 360 g/mol. The summed E-state index contributed by atoms with van der Waals surface area (Å²) in [5, 5.41) is 0. The SMILES string of the molecule is COc1ccc(I)cc1N1CC(C(N)=O)CC1=O. The highest BCUT2D eigenvalue weighted by atomic mass is 127. The fourth-order valence-corrected chi connectivity index (χ4v) is 2.48. The molecule has 0 aromatic heterocycles. The molecule has 2 amide bonds. The predicted octanol–water partition coefficient (Wildman–Crippen LogP) is 1.14. The Morgan fingerprint density at radius 1 is 1.56 bits per heavy atom. The maximum absolute atomic E-state index is 11.9. The molecule has 1 unspecified atom stereocenters. The van der Waals surface area contributed by atoms with Crippen LogP contribution in [-0.4, -0.2) is 25.5 Å². The van der Waals surface area contributed by atoms with Crippen LogP contribution >= 0.6 is 22.6 Å². The van der Waals surface area contributed by atoms with Gasteiger partial charge in [-0.1, -0.05) is 0 Å². The molecular weight excluding hydrogens is 347 g/mol. The van der Waals surface area contributed by atoms with E-state index in [-0.39, 0.29) is 12.3 Å².